The number of nitrogens with one attached hydrogen (secondary N) is 2. The Balaban J connectivity index is 2.10. The number of amides is 3. The Hall–Kier alpha value is -2.48. The van der Waals surface area contributed by atoms with Crippen molar-refractivity contribution in [1.29, 1.82) is 0 Å². The highest BCUT2D eigenvalue weighted by Crippen LogP contribution is 2.28. The molecule has 2 aromatic rings. The lowest BCUT2D eigenvalue weighted by molar-refractivity contribution is -0.114. The van der Waals surface area contributed by atoms with Gasteiger partial charge in [0, 0.05) is 19.7 Å². The molecule has 0 saturated carbocycles. The maximum Gasteiger partial charge on any atom is 0.322 e. The van der Waals surface area contributed by atoms with Crippen LogP contribution in [0.25, 0.3) is 0 Å². The zero-order valence-electron chi connectivity index (χ0n) is 13.6. The summed E-state index contributed by atoms with van der Waals surface area (Å²) in [6, 6.07) is 8.22. The van der Waals surface area contributed by atoms with Crippen molar-refractivity contribution in [3.8, 4) is 5.75 Å². The molecular weight excluding hydrogens is 378 g/mol. The minimum atomic E-state index is -0.333. The van der Waals surface area contributed by atoms with Crippen LogP contribution in [0.4, 0.5) is 16.2 Å². The van der Waals surface area contributed by atoms with Crippen LogP contribution in [0.2, 0.25) is 0 Å². The van der Waals surface area contributed by atoms with Crippen molar-refractivity contribution in [2.24, 2.45) is 0 Å². The second kappa shape index (κ2) is 7.87. The number of hydrogen-bond donors (Lipinski definition) is 2. The maximum atomic E-state index is 12.3. The average Bonchev–Trinajstić information content (AvgIpc) is 2.92. The van der Waals surface area contributed by atoms with Crippen LogP contribution in [0.15, 0.2) is 39.4 Å². The molecule has 2 N–H and O–H groups in total. The molecule has 1 aromatic heterocycles. The van der Waals surface area contributed by atoms with Crippen LogP contribution in [0.5, 0.6) is 5.75 Å². The Bertz CT molecular complexity index is 745. The molecule has 1 aromatic carbocycles. The lowest BCUT2D eigenvalue weighted by Crippen LogP contribution is -2.30. The number of halogens is 1. The largest absolute Gasteiger partial charge is 0.495 e. The fourth-order valence-corrected chi connectivity index (χ4v) is 2.38. The molecule has 24 heavy (non-hydrogen) atoms. The van der Waals surface area contributed by atoms with Gasteiger partial charge < -0.3 is 24.7 Å². The van der Waals surface area contributed by atoms with Gasteiger partial charge >= 0.3 is 6.03 Å². The number of ether oxygens (including phenoxy) is 1. The number of urea groups is 1. The van der Waals surface area contributed by atoms with Crippen LogP contribution in [-0.4, -0.2) is 31.0 Å². The lowest BCUT2D eigenvalue weighted by atomic mass is 10.2. The summed E-state index contributed by atoms with van der Waals surface area (Å²) in [5.74, 6) is 0.947. The number of benzene rings is 1. The van der Waals surface area contributed by atoms with Gasteiger partial charge in [0.25, 0.3) is 0 Å². The molecule has 0 radical (unpaired) electrons. The van der Waals surface area contributed by atoms with Crippen LogP contribution in [0, 0.1) is 0 Å². The van der Waals surface area contributed by atoms with Gasteiger partial charge in [0.2, 0.25) is 5.91 Å². The van der Waals surface area contributed by atoms with Gasteiger partial charge in [-0.05, 0) is 46.3 Å². The van der Waals surface area contributed by atoms with E-state index in [1.54, 1.807) is 37.4 Å². The van der Waals surface area contributed by atoms with Crippen molar-refractivity contribution >= 4 is 39.2 Å². The van der Waals surface area contributed by atoms with Gasteiger partial charge in [0.05, 0.1) is 19.3 Å². The number of rotatable bonds is 5. The maximum absolute atomic E-state index is 12.3. The zero-order valence-corrected chi connectivity index (χ0v) is 15.1. The number of carbonyl (C=O) groups is 2. The first kappa shape index (κ1) is 17.9. The van der Waals surface area contributed by atoms with Crippen molar-refractivity contribution in [1.82, 2.24) is 4.90 Å². The summed E-state index contributed by atoms with van der Waals surface area (Å²) in [4.78, 5) is 25.0. The summed E-state index contributed by atoms with van der Waals surface area (Å²) in [5, 5.41) is 5.42. The number of furan rings is 1. The molecule has 0 spiro atoms. The van der Waals surface area contributed by atoms with Crippen LogP contribution in [0.1, 0.15) is 12.7 Å². The predicted octanol–water partition coefficient (Wildman–Crippen LogP) is 3.67. The summed E-state index contributed by atoms with van der Waals surface area (Å²) in [5.41, 5.74) is 1.03. The monoisotopic (exact) mass is 395 g/mol. The summed E-state index contributed by atoms with van der Waals surface area (Å²) in [6.07, 6.45) is 0. The molecule has 0 aliphatic heterocycles. The first-order valence-electron chi connectivity index (χ1n) is 7.11. The molecule has 0 unspecified atom stereocenters. The van der Waals surface area contributed by atoms with Gasteiger partial charge in [-0.1, -0.05) is 0 Å². The Labute approximate surface area is 148 Å². The Morgan fingerprint density at radius 1 is 1.25 bits per heavy atom. The summed E-state index contributed by atoms with van der Waals surface area (Å²) in [7, 11) is 3.16. The second-order valence-electron chi connectivity index (χ2n) is 5.09. The molecule has 3 amide bonds. The standard InChI is InChI=1S/C16H18BrN3O4/c1-10(21)18-11-4-6-14(23-3)13(8-11)19-16(22)20(2)9-12-5-7-15(17)24-12/h4-8H,9H2,1-3H3,(H,18,21)(H,19,22). The van der Waals surface area contributed by atoms with E-state index in [0.29, 0.717) is 34.1 Å². The number of carbonyl (C=O) groups excluding carboxylic acids is 2. The number of anilines is 2. The van der Waals surface area contributed by atoms with Gasteiger partial charge in [-0.3, -0.25) is 4.79 Å². The van der Waals surface area contributed by atoms with Crippen molar-refractivity contribution in [2.75, 3.05) is 24.8 Å². The van der Waals surface area contributed by atoms with Gasteiger partial charge in [-0.15, -0.1) is 0 Å². The fraction of sp³-hybridized carbons (Fsp3) is 0.250. The molecule has 7 nitrogen and oxygen atoms in total. The topological polar surface area (TPSA) is 83.8 Å². The van der Waals surface area contributed by atoms with E-state index in [1.807, 2.05) is 0 Å². The summed E-state index contributed by atoms with van der Waals surface area (Å²) >= 11 is 3.22. The van der Waals surface area contributed by atoms with Gasteiger partial charge in [0.1, 0.15) is 11.5 Å². The Morgan fingerprint density at radius 2 is 2.00 bits per heavy atom. The zero-order chi connectivity index (χ0) is 17.7. The first-order valence-corrected chi connectivity index (χ1v) is 7.90. The number of hydrogen-bond acceptors (Lipinski definition) is 4. The minimum Gasteiger partial charge on any atom is -0.495 e. The Kier molecular flexibility index (Phi) is 5.86. The van der Waals surface area contributed by atoms with Crippen molar-refractivity contribution in [3.05, 3.63) is 40.8 Å². The van der Waals surface area contributed by atoms with Gasteiger partial charge in [0.15, 0.2) is 4.67 Å². The smallest absolute Gasteiger partial charge is 0.322 e. The molecule has 0 atom stereocenters. The molecule has 0 aliphatic rings. The van der Waals surface area contributed by atoms with Crippen molar-refractivity contribution < 1.29 is 18.7 Å². The van der Waals surface area contributed by atoms with E-state index in [-0.39, 0.29) is 11.9 Å². The van der Waals surface area contributed by atoms with Crippen LogP contribution < -0.4 is 15.4 Å². The first-order chi connectivity index (χ1) is 11.4. The van der Waals surface area contributed by atoms with E-state index in [9.17, 15) is 9.59 Å². The molecule has 0 bridgehead atoms. The third-order valence-corrected chi connectivity index (χ3v) is 3.56. The average molecular weight is 396 g/mol. The minimum absolute atomic E-state index is 0.196. The molecule has 8 heteroatoms. The van der Waals surface area contributed by atoms with Crippen LogP contribution >= 0.6 is 15.9 Å². The number of methoxy groups -OCH3 is 1. The summed E-state index contributed by atoms with van der Waals surface area (Å²) < 4.78 is 11.2. The van der Waals surface area contributed by atoms with E-state index in [1.165, 1.54) is 18.9 Å². The van der Waals surface area contributed by atoms with Crippen LogP contribution in [-0.2, 0) is 11.3 Å². The van der Waals surface area contributed by atoms with Gasteiger partial charge in [-0.25, -0.2) is 4.79 Å². The predicted molar refractivity (Wildman–Crippen MR) is 94.2 cm³/mol. The molecule has 2 rings (SSSR count). The molecule has 0 fully saturated rings. The third-order valence-electron chi connectivity index (χ3n) is 3.13. The Morgan fingerprint density at radius 3 is 2.58 bits per heavy atom. The van der Waals surface area contributed by atoms with E-state index in [2.05, 4.69) is 26.6 Å². The molecule has 1 heterocycles. The molecule has 0 aliphatic carbocycles. The molecule has 128 valence electrons. The van der Waals surface area contributed by atoms with Crippen LogP contribution in [0.3, 0.4) is 0 Å². The van der Waals surface area contributed by atoms with E-state index in [4.69, 9.17) is 9.15 Å². The fourth-order valence-electron chi connectivity index (χ4n) is 2.04. The second-order valence-corrected chi connectivity index (χ2v) is 5.87. The van der Waals surface area contributed by atoms with E-state index in [0.717, 1.165) is 0 Å². The van der Waals surface area contributed by atoms with E-state index >= 15 is 0 Å². The SMILES string of the molecule is COc1ccc(NC(C)=O)cc1NC(=O)N(C)Cc1ccc(Br)o1. The number of nitrogens with zero attached hydrogens (tertiary/aromatic N) is 1. The van der Waals surface area contributed by atoms with Crippen molar-refractivity contribution in [3.63, 3.8) is 0 Å². The molecule has 0 saturated heterocycles. The summed E-state index contributed by atoms with van der Waals surface area (Å²) in [6.45, 7) is 1.73. The van der Waals surface area contributed by atoms with Crippen molar-refractivity contribution in [2.45, 2.75) is 13.5 Å². The molecular formula is C16H18BrN3O4. The highest BCUT2D eigenvalue weighted by molar-refractivity contribution is 9.10. The third kappa shape index (κ3) is 4.76. The lowest BCUT2D eigenvalue weighted by Gasteiger charge is -2.18. The highest BCUT2D eigenvalue weighted by atomic mass is 79.9. The van der Waals surface area contributed by atoms with Gasteiger partial charge in [-0.2, -0.15) is 0 Å². The quantitative estimate of drug-likeness (QED) is 0.808. The van der Waals surface area contributed by atoms with E-state index < -0.39 is 0 Å². The highest BCUT2D eigenvalue weighted by Gasteiger charge is 2.14. The normalized spacial score (nSPS) is 10.2.